The smallest absolute Gasteiger partial charge is 0.225 e. The molecule has 0 radical (unpaired) electrons. The van der Waals surface area contributed by atoms with Crippen LogP contribution in [0.1, 0.15) is 40.5 Å². The van der Waals surface area contributed by atoms with E-state index in [0.717, 1.165) is 25.9 Å². The predicted octanol–water partition coefficient (Wildman–Crippen LogP) is 2.13. The summed E-state index contributed by atoms with van der Waals surface area (Å²) in [6.07, 6.45) is 1.99. The van der Waals surface area contributed by atoms with Crippen molar-refractivity contribution in [3.8, 4) is 0 Å². The van der Waals surface area contributed by atoms with E-state index in [1.54, 1.807) is 4.90 Å². The van der Waals surface area contributed by atoms with Crippen molar-refractivity contribution in [3.63, 3.8) is 0 Å². The topological polar surface area (TPSA) is 32.3 Å². The summed E-state index contributed by atoms with van der Waals surface area (Å²) in [7, 11) is 3.65. The number of amides is 1. The molecule has 0 aromatic rings. The van der Waals surface area contributed by atoms with Gasteiger partial charge in [-0.15, -0.1) is 0 Å². The molecular weight excluding hydrogens is 188 g/mol. The van der Waals surface area contributed by atoms with Gasteiger partial charge in [-0.05, 0) is 25.9 Å². The summed E-state index contributed by atoms with van der Waals surface area (Å²) < 4.78 is 0. The third-order valence-electron chi connectivity index (χ3n) is 2.13. The fourth-order valence-corrected chi connectivity index (χ4v) is 1.43. The molecule has 0 aliphatic carbocycles. The van der Waals surface area contributed by atoms with Crippen LogP contribution in [-0.4, -0.2) is 38.0 Å². The van der Waals surface area contributed by atoms with E-state index in [1.165, 1.54) is 0 Å². The molecule has 15 heavy (non-hydrogen) atoms. The summed E-state index contributed by atoms with van der Waals surface area (Å²) in [5, 5.41) is 3.24. The Kier molecular flexibility index (Phi) is 12.9. The van der Waals surface area contributed by atoms with E-state index in [-0.39, 0.29) is 11.8 Å². The molecule has 0 aromatic heterocycles. The molecule has 0 unspecified atom stereocenters. The Labute approximate surface area is 95.2 Å². The van der Waals surface area contributed by atoms with Crippen molar-refractivity contribution in [1.29, 1.82) is 0 Å². The van der Waals surface area contributed by atoms with E-state index in [2.05, 4.69) is 5.32 Å². The molecule has 3 nitrogen and oxygen atoms in total. The maximum atomic E-state index is 11.4. The van der Waals surface area contributed by atoms with Crippen LogP contribution in [0.25, 0.3) is 0 Å². The predicted molar refractivity (Wildman–Crippen MR) is 67.0 cm³/mol. The summed E-state index contributed by atoms with van der Waals surface area (Å²) in [4.78, 5) is 13.1. The van der Waals surface area contributed by atoms with Crippen LogP contribution in [0.4, 0.5) is 0 Å². The number of carbonyl (C=O) groups is 1. The van der Waals surface area contributed by atoms with Gasteiger partial charge in [0, 0.05) is 20.0 Å². The number of rotatable bonds is 1. The van der Waals surface area contributed by atoms with Gasteiger partial charge < -0.3 is 10.2 Å². The third-order valence-corrected chi connectivity index (χ3v) is 2.13. The SMILES string of the molecule is CC.CC.CN(C)C(=O)C1CCNCC1. The maximum Gasteiger partial charge on any atom is 0.225 e. The number of carbonyl (C=O) groups excluding carboxylic acids is 1. The summed E-state index contributed by atoms with van der Waals surface area (Å²) >= 11 is 0. The van der Waals surface area contributed by atoms with Gasteiger partial charge in [0.2, 0.25) is 5.91 Å². The Morgan fingerprint density at radius 3 is 1.80 bits per heavy atom. The van der Waals surface area contributed by atoms with Gasteiger partial charge in [-0.25, -0.2) is 0 Å². The lowest BCUT2D eigenvalue weighted by atomic mass is 9.97. The van der Waals surface area contributed by atoms with Gasteiger partial charge in [0.25, 0.3) is 0 Å². The van der Waals surface area contributed by atoms with Gasteiger partial charge in [-0.2, -0.15) is 0 Å². The average Bonchev–Trinajstić information content (AvgIpc) is 2.34. The highest BCUT2D eigenvalue weighted by Crippen LogP contribution is 2.13. The molecule has 1 rings (SSSR count). The quantitative estimate of drug-likeness (QED) is 0.728. The van der Waals surface area contributed by atoms with Crippen LogP contribution in [0.3, 0.4) is 0 Å². The van der Waals surface area contributed by atoms with Gasteiger partial charge in [0.05, 0.1) is 0 Å². The van der Waals surface area contributed by atoms with Crippen LogP contribution in [0.2, 0.25) is 0 Å². The molecule has 3 heteroatoms. The Balaban J connectivity index is 0. The first kappa shape index (κ1) is 16.8. The van der Waals surface area contributed by atoms with E-state index in [0.29, 0.717) is 0 Å². The van der Waals surface area contributed by atoms with E-state index in [9.17, 15) is 4.79 Å². The first-order valence-electron chi connectivity index (χ1n) is 6.13. The second-order valence-corrected chi connectivity index (χ2v) is 3.26. The van der Waals surface area contributed by atoms with Crippen LogP contribution in [0.5, 0.6) is 0 Å². The Morgan fingerprint density at radius 1 is 1.07 bits per heavy atom. The van der Waals surface area contributed by atoms with Gasteiger partial charge in [0.15, 0.2) is 0 Å². The lowest BCUT2D eigenvalue weighted by Crippen LogP contribution is -2.37. The fraction of sp³-hybridized carbons (Fsp3) is 0.917. The molecule has 0 bridgehead atoms. The fourth-order valence-electron chi connectivity index (χ4n) is 1.43. The number of hydrogen-bond donors (Lipinski definition) is 1. The van der Waals surface area contributed by atoms with Crippen molar-refractivity contribution in [2.75, 3.05) is 27.2 Å². The zero-order valence-electron chi connectivity index (χ0n) is 11.3. The van der Waals surface area contributed by atoms with E-state index < -0.39 is 0 Å². The molecule has 0 saturated carbocycles. The molecule has 0 spiro atoms. The summed E-state index contributed by atoms with van der Waals surface area (Å²) in [6, 6.07) is 0. The number of hydrogen-bond acceptors (Lipinski definition) is 2. The number of nitrogens with zero attached hydrogens (tertiary/aromatic N) is 1. The van der Waals surface area contributed by atoms with Crippen molar-refractivity contribution in [2.45, 2.75) is 40.5 Å². The average molecular weight is 216 g/mol. The monoisotopic (exact) mass is 216 g/mol. The van der Waals surface area contributed by atoms with Gasteiger partial charge in [-0.3, -0.25) is 4.79 Å². The first-order chi connectivity index (χ1) is 7.22. The maximum absolute atomic E-state index is 11.4. The lowest BCUT2D eigenvalue weighted by Gasteiger charge is -2.24. The zero-order chi connectivity index (χ0) is 12.3. The van der Waals surface area contributed by atoms with Crippen LogP contribution >= 0.6 is 0 Å². The summed E-state index contributed by atoms with van der Waals surface area (Å²) in [5.41, 5.74) is 0. The molecule has 0 atom stereocenters. The van der Waals surface area contributed by atoms with Gasteiger partial charge in [-0.1, -0.05) is 27.7 Å². The van der Waals surface area contributed by atoms with Crippen LogP contribution in [0.15, 0.2) is 0 Å². The second kappa shape index (κ2) is 11.5. The molecule has 1 heterocycles. The first-order valence-corrected chi connectivity index (χ1v) is 6.13. The number of nitrogens with one attached hydrogen (secondary N) is 1. The van der Waals surface area contributed by atoms with Gasteiger partial charge in [0.1, 0.15) is 0 Å². The number of piperidine rings is 1. The molecule has 1 aliphatic heterocycles. The molecule has 1 saturated heterocycles. The highest BCUT2D eigenvalue weighted by Gasteiger charge is 2.21. The zero-order valence-corrected chi connectivity index (χ0v) is 11.3. The minimum Gasteiger partial charge on any atom is -0.349 e. The van der Waals surface area contributed by atoms with E-state index >= 15 is 0 Å². The Morgan fingerprint density at radius 2 is 1.47 bits per heavy atom. The largest absolute Gasteiger partial charge is 0.349 e. The van der Waals surface area contributed by atoms with Crippen LogP contribution in [-0.2, 0) is 4.79 Å². The summed E-state index contributed by atoms with van der Waals surface area (Å²) in [6.45, 7) is 9.98. The van der Waals surface area contributed by atoms with Crippen molar-refractivity contribution < 1.29 is 4.79 Å². The third kappa shape index (κ3) is 7.37. The second-order valence-electron chi connectivity index (χ2n) is 3.26. The molecule has 1 amide bonds. The van der Waals surface area contributed by atoms with Crippen molar-refractivity contribution in [1.82, 2.24) is 10.2 Å². The van der Waals surface area contributed by atoms with Crippen molar-refractivity contribution >= 4 is 5.91 Å². The van der Waals surface area contributed by atoms with Gasteiger partial charge >= 0.3 is 0 Å². The molecule has 92 valence electrons. The molecule has 1 N–H and O–H groups in total. The van der Waals surface area contributed by atoms with E-state index in [1.807, 2.05) is 41.8 Å². The minimum absolute atomic E-state index is 0.270. The molecular formula is C12H28N2O. The molecule has 0 aromatic carbocycles. The molecule has 1 aliphatic rings. The lowest BCUT2D eigenvalue weighted by molar-refractivity contribution is -0.133. The Hall–Kier alpha value is -0.570. The normalized spacial score (nSPS) is 15.3. The Bertz CT molecular complexity index is 141. The van der Waals surface area contributed by atoms with Crippen LogP contribution in [0, 0.1) is 5.92 Å². The minimum atomic E-state index is 0.270. The van der Waals surface area contributed by atoms with E-state index in [4.69, 9.17) is 0 Å². The van der Waals surface area contributed by atoms with Crippen molar-refractivity contribution in [2.24, 2.45) is 5.92 Å². The van der Waals surface area contributed by atoms with Crippen LogP contribution < -0.4 is 5.32 Å². The standard InChI is InChI=1S/C8H16N2O.2C2H6/c1-10(2)8(11)7-3-5-9-6-4-7;2*1-2/h7,9H,3-6H2,1-2H3;2*1-2H3. The van der Waals surface area contributed by atoms with Crippen molar-refractivity contribution in [3.05, 3.63) is 0 Å². The highest BCUT2D eigenvalue weighted by atomic mass is 16.2. The highest BCUT2D eigenvalue weighted by molar-refractivity contribution is 5.78. The molecule has 1 fully saturated rings. The summed E-state index contributed by atoms with van der Waals surface area (Å²) in [5.74, 6) is 0.553.